The van der Waals surface area contributed by atoms with Crippen molar-refractivity contribution in [2.75, 3.05) is 20.8 Å². The minimum Gasteiger partial charge on any atom is -0.497 e. The van der Waals surface area contributed by atoms with Gasteiger partial charge in [-0.25, -0.2) is 6.57 Å². The topological polar surface area (TPSA) is 39.9 Å². The number of methoxy groups -OCH3 is 2. The second-order valence-corrected chi connectivity index (χ2v) is 3.19. The van der Waals surface area contributed by atoms with E-state index >= 15 is 0 Å². The van der Waals surface area contributed by atoms with Crippen LogP contribution in [0, 0.1) is 6.57 Å². The summed E-state index contributed by atoms with van der Waals surface area (Å²) in [5.41, 5.74) is 0.738. The maximum absolute atomic E-state index is 11.5. The van der Waals surface area contributed by atoms with Gasteiger partial charge >= 0.3 is 5.97 Å². The molecule has 1 aromatic carbocycles. The summed E-state index contributed by atoms with van der Waals surface area (Å²) in [6, 6.07) is 7.10. The second kappa shape index (κ2) is 5.76. The monoisotopic (exact) mass is 219 g/mol. The van der Waals surface area contributed by atoms with Crippen molar-refractivity contribution in [1.82, 2.24) is 0 Å². The zero-order valence-corrected chi connectivity index (χ0v) is 9.27. The Balaban J connectivity index is 3.01. The summed E-state index contributed by atoms with van der Waals surface area (Å²) in [6.07, 6.45) is 0. The van der Waals surface area contributed by atoms with Crippen molar-refractivity contribution in [2.45, 2.75) is 5.92 Å². The maximum Gasteiger partial charge on any atom is 0.320 e. The van der Waals surface area contributed by atoms with Crippen molar-refractivity contribution in [1.29, 1.82) is 0 Å². The van der Waals surface area contributed by atoms with Gasteiger partial charge in [-0.2, -0.15) is 0 Å². The maximum atomic E-state index is 11.5. The number of nitrogens with zero attached hydrogens (tertiary/aromatic N) is 1. The molecule has 0 saturated heterocycles. The molecule has 4 heteroatoms. The van der Waals surface area contributed by atoms with E-state index in [1.807, 2.05) is 0 Å². The van der Waals surface area contributed by atoms with E-state index in [2.05, 4.69) is 9.58 Å². The quantitative estimate of drug-likeness (QED) is 0.573. The number of rotatable bonds is 4. The van der Waals surface area contributed by atoms with Crippen LogP contribution in [0.2, 0.25) is 0 Å². The Labute approximate surface area is 94.6 Å². The fourth-order valence-electron chi connectivity index (χ4n) is 1.41. The van der Waals surface area contributed by atoms with Gasteiger partial charge in [-0.05, 0) is 17.7 Å². The Hall–Kier alpha value is -2.02. The molecule has 4 nitrogen and oxygen atoms in total. The Bertz CT molecular complexity index is 409. The van der Waals surface area contributed by atoms with Gasteiger partial charge in [0.25, 0.3) is 0 Å². The Kier molecular flexibility index (Phi) is 4.34. The predicted octanol–water partition coefficient (Wildman–Crippen LogP) is 1.87. The third-order valence-electron chi connectivity index (χ3n) is 2.26. The van der Waals surface area contributed by atoms with Crippen LogP contribution >= 0.6 is 0 Å². The summed E-state index contributed by atoms with van der Waals surface area (Å²) in [5.74, 6) is -0.279. The third-order valence-corrected chi connectivity index (χ3v) is 2.26. The molecule has 0 aliphatic carbocycles. The van der Waals surface area contributed by atoms with Gasteiger partial charge in [0, 0.05) is 0 Å². The SMILES string of the molecule is [C-]#[N+]CC(C(=O)OC)c1cccc(OC)c1. The van der Waals surface area contributed by atoms with Crippen LogP contribution in [0.15, 0.2) is 24.3 Å². The van der Waals surface area contributed by atoms with Gasteiger partial charge in [0.1, 0.15) is 5.75 Å². The molecule has 0 saturated carbocycles. The first kappa shape index (κ1) is 12.1. The van der Waals surface area contributed by atoms with Crippen molar-refractivity contribution in [3.63, 3.8) is 0 Å². The van der Waals surface area contributed by atoms with Crippen molar-refractivity contribution >= 4 is 5.97 Å². The second-order valence-electron chi connectivity index (χ2n) is 3.19. The standard InChI is InChI=1S/C12H13NO3/c1-13-8-11(12(14)16-3)9-5-4-6-10(7-9)15-2/h4-7,11H,8H2,2-3H3. The Morgan fingerprint density at radius 3 is 2.81 bits per heavy atom. The van der Waals surface area contributed by atoms with E-state index in [0.29, 0.717) is 5.75 Å². The highest BCUT2D eigenvalue weighted by Gasteiger charge is 2.24. The number of carbonyl (C=O) groups is 1. The van der Waals surface area contributed by atoms with E-state index in [0.717, 1.165) is 5.56 Å². The molecule has 0 amide bonds. The van der Waals surface area contributed by atoms with E-state index in [1.54, 1.807) is 31.4 Å². The van der Waals surface area contributed by atoms with Crippen LogP contribution < -0.4 is 4.74 Å². The molecule has 1 unspecified atom stereocenters. The van der Waals surface area contributed by atoms with Crippen LogP contribution in [0.25, 0.3) is 4.85 Å². The lowest BCUT2D eigenvalue weighted by Crippen LogP contribution is -2.16. The average molecular weight is 219 g/mol. The van der Waals surface area contributed by atoms with Gasteiger partial charge < -0.3 is 14.3 Å². The lowest BCUT2D eigenvalue weighted by atomic mass is 9.99. The number of hydrogen-bond acceptors (Lipinski definition) is 3. The van der Waals surface area contributed by atoms with Crippen LogP contribution in [0.3, 0.4) is 0 Å². The van der Waals surface area contributed by atoms with Gasteiger partial charge in [-0.3, -0.25) is 4.79 Å². The zero-order valence-electron chi connectivity index (χ0n) is 9.27. The zero-order chi connectivity index (χ0) is 12.0. The van der Waals surface area contributed by atoms with Gasteiger partial charge in [0.2, 0.25) is 6.54 Å². The minimum atomic E-state index is -0.544. The number of carbonyl (C=O) groups excluding carboxylic acids is 1. The van der Waals surface area contributed by atoms with E-state index < -0.39 is 11.9 Å². The minimum absolute atomic E-state index is 0.0832. The lowest BCUT2D eigenvalue weighted by molar-refractivity contribution is -0.142. The molecule has 0 radical (unpaired) electrons. The van der Waals surface area contributed by atoms with Crippen LogP contribution in [0.4, 0.5) is 0 Å². The largest absolute Gasteiger partial charge is 0.497 e. The first-order valence-corrected chi connectivity index (χ1v) is 4.78. The smallest absolute Gasteiger partial charge is 0.320 e. The number of hydrogen-bond donors (Lipinski definition) is 0. The summed E-state index contributed by atoms with van der Waals surface area (Å²) in [5, 5.41) is 0. The molecule has 1 aromatic rings. The fourth-order valence-corrected chi connectivity index (χ4v) is 1.41. The molecule has 0 aliphatic heterocycles. The molecule has 0 aromatic heterocycles. The van der Waals surface area contributed by atoms with Gasteiger partial charge in [0.05, 0.1) is 14.2 Å². The van der Waals surface area contributed by atoms with Crippen LogP contribution in [0.1, 0.15) is 11.5 Å². The Morgan fingerprint density at radius 1 is 1.50 bits per heavy atom. The van der Waals surface area contributed by atoms with E-state index in [4.69, 9.17) is 11.3 Å². The number of benzene rings is 1. The molecule has 0 heterocycles. The summed E-state index contributed by atoms with van der Waals surface area (Å²) in [4.78, 5) is 14.7. The highest BCUT2D eigenvalue weighted by Crippen LogP contribution is 2.22. The van der Waals surface area contributed by atoms with Crippen LogP contribution in [-0.4, -0.2) is 26.7 Å². The molecule has 0 bridgehead atoms. The summed E-state index contributed by atoms with van der Waals surface area (Å²) in [6.45, 7) is 6.92. The van der Waals surface area contributed by atoms with Crippen LogP contribution in [0.5, 0.6) is 5.75 Å². The normalized spacial score (nSPS) is 11.3. The fraction of sp³-hybridized carbons (Fsp3) is 0.333. The van der Waals surface area contributed by atoms with E-state index in [1.165, 1.54) is 7.11 Å². The molecule has 16 heavy (non-hydrogen) atoms. The first-order chi connectivity index (χ1) is 7.72. The van der Waals surface area contributed by atoms with Crippen molar-refractivity contribution < 1.29 is 14.3 Å². The molecular formula is C12H13NO3. The molecule has 1 rings (SSSR count). The molecule has 0 spiro atoms. The molecule has 84 valence electrons. The van der Waals surface area contributed by atoms with Crippen molar-refractivity contribution in [3.8, 4) is 5.75 Å². The Morgan fingerprint density at radius 2 is 2.25 bits per heavy atom. The summed E-state index contributed by atoms with van der Waals surface area (Å²) >= 11 is 0. The number of ether oxygens (including phenoxy) is 2. The molecule has 0 fully saturated rings. The van der Waals surface area contributed by atoms with Gasteiger partial charge in [-0.15, -0.1) is 0 Å². The third kappa shape index (κ3) is 2.74. The van der Waals surface area contributed by atoms with Crippen molar-refractivity contribution in [2.24, 2.45) is 0 Å². The first-order valence-electron chi connectivity index (χ1n) is 4.78. The lowest BCUT2D eigenvalue weighted by Gasteiger charge is -2.10. The molecule has 1 atom stereocenters. The predicted molar refractivity (Wildman–Crippen MR) is 59.2 cm³/mol. The van der Waals surface area contributed by atoms with Gasteiger partial charge in [-0.1, -0.05) is 12.1 Å². The molecular weight excluding hydrogens is 206 g/mol. The van der Waals surface area contributed by atoms with Gasteiger partial charge in [0.15, 0.2) is 5.92 Å². The summed E-state index contributed by atoms with van der Waals surface area (Å²) in [7, 11) is 2.88. The number of esters is 1. The summed E-state index contributed by atoms with van der Waals surface area (Å²) < 4.78 is 9.74. The van der Waals surface area contributed by atoms with E-state index in [-0.39, 0.29) is 6.54 Å². The van der Waals surface area contributed by atoms with E-state index in [9.17, 15) is 4.79 Å². The highest BCUT2D eigenvalue weighted by atomic mass is 16.5. The molecule has 0 aliphatic rings. The van der Waals surface area contributed by atoms with Crippen molar-refractivity contribution in [3.05, 3.63) is 41.2 Å². The molecule has 0 N–H and O–H groups in total. The highest BCUT2D eigenvalue weighted by molar-refractivity contribution is 5.78. The van der Waals surface area contributed by atoms with Crippen LogP contribution in [-0.2, 0) is 9.53 Å². The average Bonchev–Trinajstić information content (AvgIpc) is 2.35.